The summed E-state index contributed by atoms with van der Waals surface area (Å²) < 4.78 is 11.4. The third-order valence-electron chi connectivity index (χ3n) is 8.35. The van der Waals surface area contributed by atoms with E-state index in [0.29, 0.717) is 43.5 Å². The Bertz CT molecular complexity index is 976. The van der Waals surface area contributed by atoms with Crippen molar-refractivity contribution in [2.45, 2.75) is 68.8 Å². The van der Waals surface area contributed by atoms with E-state index >= 15 is 0 Å². The highest BCUT2D eigenvalue weighted by Crippen LogP contribution is 2.58. The maximum Gasteiger partial charge on any atom is 0.434 e. The maximum atomic E-state index is 12.7. The Balaban J connectivity index is 1.16. The molecule has 1 amide bonds. The average Bonchev–Trinajstić information content (AvgIpc) is 2.74. The molecular formula is C24H36BN3O7. The molecular weight excluding hydrogens is 453 g/mol. The van der Waals surface area contributed by atoms with Gasteiger partial charge in [-0.25, -0.2) is 4.79 Å². The number of nitrogens with one attached hydrogen (secondary N) is 1. The van der Waals surface area contributed by atoms with Crippen molar-refractivity contribution in [2.75, 3.05) is 26.2 Å². The van der Waals surface area contributed by atoms with E-state index in [-0.39, 0.29) is 35.0 Å². The van der Waals surface area contributed by atoms with Crippen molar-refractivity contribution in [3.05, 3.63) is 23.3 Å². The van der Waals surface area contributed by atoms with E-state index in [0.717, 1.165) is 45.2 Å². The van der Waals surface area contributed by atoms with Gasteiger partial charge in [0.15, 0.2) is 0 Å². The van der Waals surface area contributed by atoms with Crippen molar-refractivity contribution in [1.82, 2.24) is 10.2 Å². The molecule has 192 valence electrons. The van der Waals surface area contributed by atoms with Crippen LogP contribution in [0, 0.1) is 5.92 Å². The molecule has 0 aromatic heterocycles. The molecule has 1 aromatic rings. The van der Waals surface area contributed by atoms with E-state index in [1.165, 1.54) is 0 Å². The average molecular weight is 489 g/mol. The maximum absolute atomic E-state index is 12.7. The Labute approximate surface area is 204 Å². The zero-order valence-electron chi connectivity index (χ0n) is 20.0. The van der Waals surface area contributed by atoms with Crippen molar-refractivity contribution in [2.24, 2.45) is 5.92 Å². The Morgan fingerprint density at radius 1 is 1.14 bits per heavy atom. The van der Waals surface area contributed by atoms with E-state index in [4.69, 9.17) is 9.39 Å². The highest BCUT2D eigenvalue weighted by atomic mass is 16.6. The lowest BCUT2D eigenvalue weighted by Gasteiger charge is -2.54. The third-order valence-corrected chi connectivity index (χ3v) is 8.35. The van der Waals surface area contributed by atoms with Crippen LogP contribution in [0.1, 0.15) is 66.8 Å². The van der Waals surface area contributed by atoms with Gasteiger partial charge >= 0.3 is 12.7 Å². The minimum absolute atomic E-state index is 0.00602. The van der Waals surface area contributed by atoms with Crippen LogP contribution in [0.5, 0.6) is 11.5 Å². The number of amides is 1. The number of quaternary nitrogens is 1. The van der Waals surface area contributed by atoms with Crippen LogP contribution in [-0.2, 0) is 4.79 Å². The van der Waals surface area contributed by atoms with E-state index in [1.54, 1.807) is 17.0 Å². The lowest BCUT2D eigenvalue weighted by Crippen LogP contribution is -2.57. The number of nitrogens with zero attached hydrogens (tertiary/aromatic N) is 1. The third kappa shape index (κ3) is 4.74. The number of hydrogen-bond acceptors (Lipinski definition) is 7. The van der Waals surface area contributed by atoms with Crippen molar-refractivity contribution >= 4 is 18.6 Å². The van der Waals surface area contributed by atoms with Gasteiger partial charge in [-0.15, -0.1) is 0 Å². The first kappa shape index (κ1) is 24.4. The monoisotopic (exact) mass is 489 g/mol. The number of carbonyl (C=O) groups excluding carboxylic acids is 1. The number of hydrogen-bond donors (Lipinski definition) is 5. The Hall–Kier alpha value is -2.34. The van der Waals surface area contributed by atoms with Crippen molar-refractivity contribution < 1.29 is 39.9 Å². The molecule has 0 radical (unpaired) electrons. The molecule has 35 heavy (non-hydrogen) atoms. The summed E-state index contributed by atoms with van der Waals surface area (Å²) in [4.78, 5) is 26.6. The minimum atomic E-state index is -3.11. The second kappa shape index (κ2) is 9.61. The van der Waals surface area contributed by atoms with Crippen LogP contribution in [0.25, 0.3) is 0 Å². The van der Waals surface area contributed by atoms with Crippen LogP contribution in [0.4, 0.5) is 0 Å². The molecule has 2 aliphatic carbocycles. The van der Waals surface area contributed by atoms with Gasteiger partial charge < -0.3 is 40.5 Å². The van der Waals surface area contributed by atoms with E-state index in [9.17, 15) is 24.7 Å². The van der Waals surface area contributed by atoms with Gasteiger partial charge in [-0.1, -0.05) is 24.7 Å². The quantitative estimate of drug-likeness (QED) is 0.327. The van der Waals surface area contributed by atoms with Crippen LogP contribution < -0.4 is 20.4 Å². The van der Waals surface area contributed by atoms with Gasteiger partial charge in [0.2, 0.25) is 5.91 Å². The summed E-state index contributed by atoms with van der Waals surface area (Å²) in [5.41, 5.74) is 4.36. The Kier molecular flexibility index (Phi) is 6.69. The smallest absolute Gasteiger partial charge is 0.434 e. The summed E-state index contributed by atoms with van der Waals surface area (Å²) >= 11 is 0. The molecule has 5 rings (SSSR count). The number of rotatable bonds is 8. The fourth-order valence-electron chi connectivity index (χ4n) is 6.14. The first-order valence-electron chi connectivity index (χ1n) is 12.9. The molecule has 1 aromatic carbocycles. The lowest BCUT2D eigenvalue weighted by atomic mass is 9.46. The van der Waals surface area contributed by atoms with E-state index in [2.05, 4.69) is 11.1 Å². The Morgan fingerprint density at radius 2 is 1.89 bits per heavy atom. The molecule has 10 nitrogen and oxygen atoms in total. The molecule has 2 atom stereocenters. The molecule has 2 aliphatic heterocycles. The molecule has 0 unspecified atom stereocenters. The predicted octanol–water partition coefficient (Wildman–Crippen LogP) is 0.318. The van der Waals surface area contributed by atoms with Crippen LogP contribution in [0.2, 0.25) is 5.82 Å². The highest BCUT2D eigenvalue weighted by molar-refractivity contribution is 6.61. The molecule has 11 heteroatoms. The van der Waals surface area contributed by atoms with Gasteiger partial charge in [-0.2, -0.15) is 0 Å². The predicted molar refractivity (Wildman–Crippen MR) is 127 cm³/mol. The fourth-order valence-corrected chi connectivity index (χ4v) is 6.14. The second-order valence-electron chi connectivity index (χ2n) is 10.7. The Morgan fingerprint density at radius 3 is 2.51 bits per heavy atom. The standard InChI is InChI=1S/C24H35BN3O7/c26-9-10-27-15-3-1-14(2-4-15)11-21(29)28-12-16(13-28)34-20-8-6-18-17-5-7-19(17)25(32,33)35-23(18)22(20)24(30)31/h6,8,14-17,19,27,32-33H,1-5,7,9-13,26H2,(H,30,31)/q-1/p+1/t14-,15-,17-,19-/m1/s1. The first-order valence-corrected chi connectivity index (χ1v) is 12.9. The number of carboxylic acid groups (broad SMARTS) is 1. The van der Waals surface area contributed by atoms with Gasteiger partial charge in [-0.3, -0.25) is 4.79 Å². The fraction of sp³-hybridized carbons (Fsp3) is 0.667. The van der Waals surface area contributed by atoms with Gasteiger partial charge in [0.25, 0.3) is 0 Å². The number of likely N-dealkylation sites (tertiary alicyclic amines) is 1. The van der Waals surface area contributed by atoms with Crippen LogP contribution in [0.3, 0.4) is 0 Å². The largest absolute Gasteiger partial charge is 0.669 e. The molecule has 3 fully saturated rings. The summed E-state index contributed by atoms with van der Waals surface area (Å²) in [5.74, 6) is -1.11. The SMILES string of the molecule is [NH3+]CCN[C@H]1CC[C@H](CC(=O)N2CC(Oc3ccc4c(c3C(=O)O)O[B-](O)(O)[C@@H]3CC[C@H]43)C2)CC1. The van der Waals surface area contributed by atoms with Gasteiger partial charge in [0.05, 0.1) is 25.4 Å². The van der Waals surface area contributed by atoms with Gasteiger partial charge in [0.1, 0.15) is 17.4 Å². The summed E-state index contributed by atoms with van der Waals surface area (Å²) in [7, 11) is 0. The number of aromatic carboxylic acids is 1. The number of carbonyl (C=O) groups is 2. The molecule has 0 spiro atoms. The van der Waals surface area contributed by atoms with Crippen molar-refractivity contribution in [3.63, 3.8) is 0 Å². The lowest BCUT2D eigenvalue weighted by molar-refractivity contribution is -0.365. The zero-order chi connectivity index (χ0) is 24.7. The number of carboxylic acids is 1. The first-order chi connectivity index (χ1) is 16.8. The molecule has 2 saturated carbocycles. The summed E-state index contributed by atoms with van der Waals surface area (Å²) in [6, 6.07) is 3.93. The van der Waals surface area contributed by atoms with E-state index in [1.807, 2.05) is 0 Å². The minimum Gasteiger partial charge on any atom is -0.669 e. The molecule has 0 bridgehead atoms. The topological polar surface area (TPSA) is 156 Å². The zero-order valence-corrected chi connectivity index (χ0v) is 20.0. The number of fused-ring (bicyclic) bond motifs is 3. The van der Waals surface area contributed by atoms with E-state index < -0.39 is 18.5 Å². The summed E-state index contributed by atoms with van der Waals surface area (Å²) in [5, 5.41) is 34.1. The van der Waals surface area contributed by atoms with Crippen molar-refractivity contribution in [1.29, 1.82) is 0 Å². The van der Waals surface area contributed by atoms with Crippen LogP contribution >= 0.6 is 0 Å². The summed E-state index contributed by atoms with van der Waals surface area (Å²) in [6.07, 6.45) is 5.91. The molecule has 2 heterocycles. The van der Waals surface area contributed by atoms with Gasteiger partial charge in [0, 0.05) is 19.0 Å². The second-order valence-corrected chi connectivity index (χ2v) is 10.7. The molecule has 7 N–H and O–H groups in total. The number of benzene rings is 1. The highest BCUT2D eigenvalue weighted by Gasteiger charge is 2.50. The van der Waals surface area contributed by atoms with Gasteiger partial charge in [-0.05, 0) is 49.1 Å². The van der Waals surface area contributed by atoms with Crippen LogP contribution in [-0.4, -0.2) is 77.0 Å². The molecule has 1 saturated heterocycles. The number of ether oxygens (including phenoxy) is 1. The molecule has 4 aliphatic rings. The van der Waals surface area contributed by atoms with Crippen LogP contribution in [0.15, 0.2) is 12.1 Å². The normalized spacial score (nSPS) is 29.2. The van der Waals surface area contributed by atoms with Crippen molar-refractivity contribution in [3.8, 4) is 11.5 Å². The summed E-state index contributed by atoms with van der Waals surface area (Å²) in [6.45, 7) is -0.467.